The second-order valence-electron chi connectivity index (χ2n) is 8.64. The van der Waals surface area contributed by atoms with Crippen molar-refractivity contribution in [2.45, 2.75) is 90.3 Å². The van der Waals surface area contributed by atoms with Gasteiger partial charge in [-0.1, -0.05) is 57.9 Å². The number of aliphatic carboxylic acids is 1. The summed E-state index contributed by atoms with van der Waals surface area (Å²) in [5.74, 6) is -5.61. The molecule has 4 nitrogen and oxygen atoms in total. The summed E-state index contributed by atoms with van der Waals surface area (Å²) < 4.78 is 28.8. The maximum atomic E-state index is 14.4. The standard InChI is InChI=1S/C22H36F2O4/c1-4-5-14-21(2,3)19(26)13-12-17-16(18(25)15-22(17,23)24)10-8-6-7-9-11-20(27)28/h6,8,12-13,16-19,25-26H,4-5,7,9-11,14-15H2,1-3H3,(H,27,28)/b8-6-,13-12+/t16-,17-,18+,19-/m1/s1. The Hall–Kier alpha value is -1.27. The first-order chi connectivity index (χ1) is 13.0. The zero-order valence-electron chi connectivity index (χ0n) is 17.3. The summed E-state index contributed by atoms with van der Waals surface area (Å²) in [6.07, 6.45) is 8.11. The van der Waals surface area contributed by atoms with Crippen molar-refractivity contribution < 1.29 is 28.9 Å². The van der Waals surface area contributed by atoms with Crippen molar-refractivity contribution in [3.05, 3.63) is 24.3 Å². The van der Waals surface area contributed by atoms with Crippen LogP contribution < -0.4 is 0 Å². The summed E-state index contributed by atoms with van der Waals surface area (Å²) in [6, 6.07) is 0. The number of halogens is 2. The minimum atomic E-state index is -3.01. The molecule has 4 atom stereocenters. The Kier molecular flexibility index (Phi) is 9.78. The number of rotatable bonds is 12. The van der Waals surface area contributed by atoms with Crippen LogP contribution >= 0.6 is 0 Å². The molecule has 0 aliphatic heterocycles. The van der Waals surface area contributed by atoms with E-state index in [2.05, 4.69) is 6.92 Å². The second kappa shape index (κ2) is 11.1. The van der Waals surface area contributed by atoms with Gasteiger partial charge in [0.25, 0.3) is 5.92 Å². The van der Waals surface area contributed by atoms with Gasteiger partial charge in [-0.05, 0) is 31.1 Å². The first-order valence-electron chi connectivity index (χ1n) is 10.3. The first kappa shape index (κ1) is 24.8. The molecule has 0 unspecified atom stereocenters. The average molecular weight is 403 g/mol. The zero-order chi connectivity index (χ0) is 21.4. The molecule has 0 spiro atoms. The van der Waals surface area contributed by atoms with E-state index >= 15 is 0 Å². The van der Waals surface area contributed by atoms with Crippen molar-refractivity contribution in [3.63, 3.8) is 0 Å². The summed E-state index contributed by atoms with van der Waals surface area (Å²) in [5.41, 5.74) is -0.390. The van der Waals surface area contributed by atoms with E-state index in [0.29, 0.717) is 19.3 Å². The molecule has 1 aliphatic carbocycles. The predicted octanol–water partition coefficient (Wildman–Crippen LogP) is 4.95. The van der Waals surface area contributed by atoms with Gasteiger partial charge in [-0.15, -0.1) is 0 Å². The molecule has 6 heteroatoms. The van der Waals surface area contributed by atoms with Crippen molar-refractivity contribution in [1.29, 1.82) is 0 Å². The lowest BCUT2D eigenvalue weighted by Gasteiger charge is -2.29. The van der Waals surface area contributed by atoms with Crippen LogP contribution in [-0.2, 0) is 4.79 Å². The number of aliphatic hydroxyl groups excluding tert-OH is 2. The fraction of sp³-hybridized carbons (Fsp3) is 0.773. The van der Waals surface area contributed by atoms with Gasteiger partial charge in [-0.25, -0.2) is 8.78 Å². The maximum Gasteiger partial charge on any atom is 0.303 e. The third-order valence-corrected chi connectivity index (χ3v) is 5.74. The van der Waals surface area contributed by atoms with E-state index in [0.717, 1.165) is 19.3 Å². The molecule has 0 saturated heterocycles. The SMILES string of the molecule is CCCCC(C)(C)[C@H](O)/C=C/[C@@H]1[C@@H](C/C=C\CCCC(=O)O)[C@@H](O)CC1(F)F. The van der Waals surface area contributed by atoms with E-state index in [1.54, 1.807) is 12.2 Å². The quantitative estimate of drug-likeness (QED) is 0.319. The van der Waals surface area contributed by atoms with Gasteiger partial charge in [-0.3, -0.25) is 4.79 Å². The fourth-order valence-electron chi connectivity index (χ4n) is 3.71. The maximum absolute atomic E-state index is 14.4. The number of carbonyl (C=O) groups is 1. The topological polar surface area (TPSA) is 77.8 Å². The Labute approximate surface area is 167 Å². The number of carboxylic acids is 1. The molecule has 0 amide bonds. The molecular weight excluding hydrogens is 366 g/mol. The molecule has 0 aromatic rings. The molecule has 1 saturated carbocycles. The highest BCUT2D eigenvalue weighted by Gasteiger charge is 2.53. The van der Waals surface area contributed by atoms with Gasteiger partial charge in [0.2, 0.25) is 0 Å². The zero-order valence-corrected chi connectivity index (χ0v) is 17.3. The fourth-order valence-corrected chi connectivity index (χ4v) is 3.71. The number of hydrogen-bond acceptors (Lipinski definition) is 3. The Morgan fingerprint density at radius 2 is 1.96 bits per heavy atom. The van der Waals surface area contributed by atoms with E-state index in [9.17, 15) is 23.8 Å². The number of unbranched alkanes of at least 4 members (excludes halogenated alkanes) is 2. The molecule has 0 bridgehead atoms. The molecular formula is C22H36F2O4. The third kappa shape index (κ3) is 7.63. The molecule has 0 aromatic heterocycles. The van der Waals surface area contributed by atoms with E-state index in [4.69, 9.17) is 5.11 Å². The van der Waals surface area contributed by atoms with Crippen LogP contribution in [0.3, 0.4) is 0 Å². The smallest absolute Gasteiger partial charge is 0.303 e. The van der Waals surface area contributed by atoms with Gasteiger partial charge in [0.05, 0.1) is 12.2 Å². The van der Waals surface area contributed by atoms with Crippen LogP contribution in [0, 0.1) is 17.3 Å². The van der Waals surface area contributed by atoms with Crippen LogP contribution in [-0.4, -0.2) is 39.4 Å². The minimum Gasteiger partial charge on any atom is -0.481 e. The summed E-state index contributed by atoms with van der Waals surface area (Å²) in [5, 5.41) is 29.2. The monoisotopic (exact) mass is 402 g/mol. The van der Waals surface area contributed by atoms with Crippen LogP contribution in [0.5, 0.6) is 0 Å². The van der Waals surface area contributed by atoms with Gasteiger partial charge in [0, 0.05) is 24.7 Å². The van der Waals surface area contributed by atoms with Crippen LogP contribution in [0.2, 0.25) is 0 Å². The highest BCUT2D eigenvalue weighted by molar-refractivity contribution is 5.66. The molecule has 1 fully saturated rings. The summed E-state index contributed by atoms with van der Waals surface area (Å²) in [7, 11) is 0. The second-order valence-corrected chi connectivity index (χ2v) is 8.64. The van der Waals surface area contributed by atoms with E-state index in [1.807, 2.05) is 13.8 Å². The molecule has 1 rings (SSSR count). The van der Waals surface area contributed by atoms with Crippen LogP contribution in [0.25, 0.3) is 0 Å². The van der Waals surface area contributed by atoms with Crippen molar-refractivity contribution in [2.75, 3.05) is 0 Å². The molecule has 3 N–H and O–H groups in total. The molecule has 0 radical (unpaired) electrons. The third-order valence-electron chi connectivity index (χ3n) is 5.74. The lowest BCUT2D eigenvalue weighted by molar-refractivity contribution is -0.137. The molecule has 0 aromatic carbocycles. The first-order valence-corrected chi connectivity index (χ1v) is 10.3. The molecule has 162 valence electrons. The summed E-state index contributed by atoms with van der Waals surface area (Å²) in [4.78, 5) is 10.5. The average Bonchev–Trinajstić information content (AvgIpc) is 2.81. The van der Waals surface area contributed by atoms with Gasteiger partial charge >= 0.3 is 5.97 Å². The Bertz CT molecular complexity index is 543. The molecule has 1 aliphatic rings. The van der Waals surface area contributed by atoms with Gasteiger partial charge in [0.15, 0.2) is 0 Å². The number of aliphatic hydroxyl groups is 2. The van der Waals surface area contributed by atoms with Crippen molar-refractivity contribution in [2.24, 2.45) is 17.3 Å². The normalized spacial score (nSPS) is 26.3. The van der Waals surface area contributed by atoms with Gasteiger partial charge in [0.1, 0.15) is 0 Å². The molecule has 0 heterocycles. The van der Waals surface area contributed by atoms with E-state index in [1.165, 1.54) is 12.2 Å². The van der Waals surface area contributed by atoms with Crippen LogP contribution in [0.1, 0.15) is 72.1 Å². The number of allylic oxidation sites excluding steroid dienone is 3. The Balaban J connectivity index is 2.73. The minimum absolute atomic E-state index is 0.0749. The van der Waals surface area contributed by atoms with Gasteiger partial charge < -0.3 is 15.3 Å². The Morgan fingerprint density at radius 1 is 1.29 bits per heavy atom. The lowest BCUT2D eigenvalue weighted by atomic mass is 9.80. The Morgan fingerprint density at radius 3 is 2.57 bits per heavy atom. The van der Waals surface area contributed by atoms with Crippen molar-refractivity contribution >= 4 is 5.97 Å². The van der Waals surface area contributed by atoms with Crippen molar-refractivity contribution in [1.82, 2.24) is 0 Å². The highest BCUT2D eigenvalue weighted by Crippen LogP contribution is 2.47. The highest BCUT2D eigenvalue weighted by atomic mass is 19.3. The number of hydrogen-bond donors (Lipinski definition) is 3. The van der Waals surface area contributed by atoms with E-state index < -0.39 is 47.8 Å². The molecule has 28 heavy (non-hydrogen) atoms. The lowest BCUT2D eigenvalue weighted by Crippen LogP contribution is -2.29. The summed E-state index contributed by atoms with van der Waals surface area (Å²) >= 11 is 0. The van der Waals surface area contributed by atoms with Crippen LogP contribution in [0.4, 0.5) is 8.78 Å². The van der Waals surface area contributed by atoms with Crippen molar-refractivity contribution in [3.8, 4) is 0 Å². The van der Waals surface area contributed by atoms with Gasteiger partial charge in [-0.2, -0.15) is 0 Å². The predicted molar refractivity (Wildman–Crippen MR) is 106 cm³/mol. The van der Waals surface area contributed by atoms with E-state index in [-0.39, 0.29) is 6.42 Å². The summed E-state index contributed by atoms with van der Waals surface area (Å²) in [6.45, 7) is 5.92. The van der Waals surface area contributed by atoms with Crippen LogP contribution in [0.15, 0.2) is 24.3 Å². The largest absolute Gasteiger partial charge is 0.481 e. The number of carboxylic acid groups (broad SMARTS) is 1. The number of alkyl halides is 2.